The van der Waals surface area contributed by atoms with Gasteiger partial charge in [-0.2, -0.15) is 13.2 Å². The second kappa shape index (κ2) is 10.7. The van der Waals surface area contributed by atoms with E-state index in [4.69, 9.17) is 9.47 Å². The number of benzene rings is 2. The Balaban J connectivity index is 2.61. The summed E-state index contributed by atoms with van der Waals surface area (Å²) in [7, 11) is 0. The number of carbonyl (C=O) groups is 2. The van der Waals surface area contributed by atoms with Crippen LogP contribution in [0.3, 0.4) is 0 Å². The van der Waals surface area contributed by atoms with E-state index in [1.54, 1.807) is 41.5 Å². The van der Waals surface area contributed by atoms with Gasteiger partial charge in [0.05, 0.1) is 24.6 Å². The Morgan fingerprint density at radius 2 is 1.54 bits per heavy atom. The molecular weight excluding hydrogens is 466 g/mol. The van der Waals surface area contributed by atoms with Crippen LogP contribution in [0.2, 0.25) is 0 Å². The van der Waals surface area contributed by atoms with E-state index in [0.717, 1.165) is 12.1 Å². The minimum absolute atomic E-state index is 0.00221. The molecule has 0 aliphatic heterocycles. The number of alkyl carbamates (subject to hydrolysis) is 1. The fraction of sp³-hybridized carbons (Fsp3) is 0.462. The van der Waals surface area contributed by atoms with E-state index in [0.29, 0.717) is 22.3 Å². The average Bonchev–Trinajstić information content (AvgIpc) is 2.67. The quantitative estimate of drug-likeness (QED) is 0.346. The van der Waals surface area contributed by atoms with Crippen molar-refractivity contribution in [3.05, 3.63) is 57.9 Å². The van der Waals surface area contributed by atoms with Crippen LogP contribution in [-0.4, -0.2) is 24.3 Å². The smallest absolute Gasteiger partial charge is 0.416 e. The molecule has 0 spiro atoms. The number of carbonyl (C=O) groups excluding carboxylic acids is 2. The summed E-state index contributed by atoms with van der Waals surface area (Å²) in [6, 6.07) is 3.91. The van der Waals surface area contributed by atoms with Crippen LogP contribution in [0.15, 0.2) is 24.3 Å². The molecule has 5 nitrogen and oxygen atoms in total. The summed E-state index contributed by atoms with van der Waals surface area (Å²) in [5.41, 5.74) is 0.281. The Bertz CT molecular complexity index is 1080. The van der Waals surface area contributed by atoms with Crippen molar-refractivity contribution in [3.8, 4) is 11.1 Å². The van der Waals surface area contributed by atoms with Gasteiger partial charge in [-0.15, -0.1) is 0 Å². The fourth-order valence-electron chi connectivity index (χ4n) is 3.85. The molecule has 0 bridgehead atoms. The van der Waals surface area contributed by atoms with Crippen LogP contribution in [-0.2, 0) is 20.4 Å². The molecule has 0 saturated carbocycles. The molecule has 0 radical (unpaired) electrons. The third-order valence-electron chi connectivity index (χ3n) is 5.17. The fourth-order valence-corrected chi connectivity index (χ4v) is 3.85. The monoisotopic (exact) mass is 497 g/mol. The molecule has 1 N–H and O–H groups in total. The molecule has 35 heavy (non-hydrogen) atoms. The summed E-state index contributed by atoms with van der Waals surface area (Å²) < 4.78 is 65.3. The predicted octanol–water partition coefficient (Wildman–Crippen LogP) is 6.96. The highest BCUT2D eigenvalue weighted by Crippen LogP contribution is 2.37. The highest BCUT2D eigenvalue weighted by Gasteiger charge is 2.32. The molecule has 2 rings (SSSR count). The number of ether oxygens (including phenoxy) is 2. The van der Waals surface area contributed by atoms with E-state index in [1.807, 2.05) is 0 Å². The van der Waals surface area contributed by atoms with Crippen molar-refractivity contribution < 1.29 is 36.6 Å². The summed E-state index contributed by atoms with van der Waals surface area (Å²) >= 11 is 0. The molecule has 0 unspecified atom stereocenters. The lowest BCUT2D eigenvalue weighted by Crippen LogP contribution is -2.36. The highest BCUT2D eigenvalue weighted by molar-refractivity contribution is 5.76. The highest BCUT2D eigenvalue weighted by atomic mass is 19.4. The largest absolute Gasteiger partial charge is 0.466 e. The molecule has 0 heterocycles. The van der Waals surface area contributed by atoms with Crippen molar-refractivity contribution in [2.45, 2.75) is 72.7 Å². The number of nitrogens with one attached hydrogen (secondary N) is 1. The number of alkyl halides is 3. The Labute approximate surface area is 202 Å². The maximum Gasteiger partial charge on any atom is 0.416 e. The van der Waals surface area contributed by atoms with Crippen molar-refractivity contribution >= 4 is 12.1 Å². The van der Waals surface area contributed by atoms with E-state index in [1.165, 1.54) is 19.1 Å². The van der Waals surface area contributed by atoms with Crippen molar-refractivity contribution in [2.75, 3.05) is 6.61 Å². The lowest BCUT2D eigenvalue weighted by Gasteiger charge is -2.25. The van der Waals surface area contributed by atoms with Gasteiger partial charge in [0.15, 0.2) is 0 Å². The van der Waals surface area contributed by atoms with Gasteiger partial charge in [0.25, 0.3) is 0 Å². The molecule has 192 valence electrons. The van der Waals surface area contributed by atoms with E-state index in [-0.39, 0.29) is 24.2 Å². The molecular formula is C26H31F4NO4. The van der Waals surface area contributed by atoms with Crippen LogP contribution < -0.4 is 5.32 Å². The molecule has 1 atom stereocenters. The Morgan fingerprint density at radius 3 is 2.03 bits per heavy atom. The van der Waals surface area contributed by atoms with Gasteiger partial charge in [0, 0.05) is 5.56 Å². The van der Waals surface area contributed by atoms with Gasteiger partial charge in [0.2, 0.25) is 0 Å². The summed E-state index contributed by atoms with van der Waals surface area (Å²) in [5.74, 6) is -1.31. The first kappa shape index (κ1) is 28.1. The van der Waals surface area contributed by atoms with Crippen LogP contribution >= 0.6 is 0 Å². The summed E-state index contributed by atoms with van der Waals surface area (Å²) in [4.78, 5) is 24.7. The second-order valence-electron chi connectivity index (χ2n) is 9.39. The SMILES string of the molecule is CCOC(=O)C[C@H](NC(=O)OC(C)(C)C)c1cc(-c2c(C)cc(C(F)(F)F)cc2C)cc(C)c1F. The predicted molar refractivity (Wildman–Crippen MR) is 124 cm³/mol. The molecule has 2 aromatic carbocycles. The van der Waals surface area contributed by atoms with Crippen LogP contribution in [0, 0.1) is 26.6 Å². The molecule has 0 aliphatic rings. The van der Waals surface area contributed by atoms with Crippen LogP contribution in [0.4, 0.5) is 22.4 Å². The third kappa shape index (κ3) is 7.44. The summed E-state index contributed by atoms with van der Waals surface area (Å²) in [6.45, 7) is 11.3. The maximum absolute atomic E-state index is 15.3. The van der Waals surface area contributed by atoms with E-state index >= 15 is 4.39 Å². The lowest BCUT2D eigenvalue weighted by molar-refractivity contribution is -0.143. The standard InChI is InChI=1S/C26H31F4NO4/c1-8-34-21(32)13-20(31-24(33)35-25(5,6)7)19-12-17(9-16(4)23(19)27)22-14(2)10-18(11-15(22)3)26(28,29)30/h9-12,20H,8,13H2,1-7H3,(H,31,33)/t20-/m0/s1. The van der Waals surface area contributed by atoms with Gasteiger partial charge in [-0.1, -0.05) is 0 Å². The van der Waals surface area contributed by atoms with Crippen LogP contribution in [0.25, 0.3) is 11.1 Å². The van der Waals surface area contributed by atoms with E-state index in [2.05, 4.69) is 5.32 Å². The number of rotatable bonds is 6. The summed E-state index contributed by atoms with van der Waals surface area (Å²) in [5, 5.41) is 2.53. The third-order valence-corrected chi connectivity index (χ3v) is 5.17. The number of hydrogen-bond donors (Lipinski definition) is 1. The zero-order valence-corrected chi connectivity index (χ0v) is 20.9. The zero-order chi connectivity index (χ0) is 26.7. The molecule has 0 aliphatic carbocycles. The second-order valence-corrected chi connectivity index (χ2v) is 9.39. The number of esters is 1. The normalized spacial score (nSPS) is 12.8. The van der Waals surface area contributed by atoms with Crippen molar-refractivity contribution in [1.82, 2.24) is 5.32 Å². The van der Waals surface area contributed by atoms with Crippen molar-refractivity contribution in [1.29, 1.82) is 0 Å². The first-order chi connectivity index (χ1) is 16.0. The number of halogens is 4. The van der Waals surface area contributed by atoms with Gasteiger partial charge >= 0.3 is 18.2 Å². The molecule has 1 amide bonds. The maximum atomic E-state index is 15.3. The van der Waals surface area contributed by atoms with Gasteiger partial charge in [-0.05, 0) is 101 Å². The Morgan fingerprint density at radius 1 is 0.971 bits per heavy atom. The molecule has 0 saturated heterocycles. The molecule has 0 fully saturated rings. The number of aryl methyl sites for hydroxylation is 3. The van der Waals surface area contributed by atoms with Crippen LogP contribution in [0.1, 0.15) is 68.0 Å². The number of amides is 1. The van der Waals surface area contributed by atoms with Crippen molar-refractivity contribution in [2.24, 2.45) is 0 Å². The van der Waals surface area contributed by atoms with Crippen molar-refractivity contribution in [3.63, 3.8) is 0 Å². The molecule has 9 heteroatoms. The van der Waals surface area contributed by atoms with E-state index in [9.17, 15) is 22.8 Å². The topological polar surface area (TPSA) is 64.6 Å². The minimum atomic E-state index is -4.50. The van der Waals surface area contributed by atoms with E-state index < -0.39 is 41.3 Å². The number of hydrogen-bond acceptors (Lipinski definition) is 4. The first-order valence-electron chi connectivity index (χ1n) is 11.2. The van der Waals surface area contributed by atoms with Crippen LogP contribution in [0.5, 0.6) is 0 Å². The average molecular weight is 498 g/mol. The van der Waals surface area contributed by atoms with Gasteiger partial charge in [0.1, 0.15) is 11.4 Å². The molecule has 2 aromatic rings. The minimum Gasteiger partial charge on any atom is -0.466 e. The van der Waals surface area contributed by atoms with Gasteiger partial charge in [-0.25, -0.2) is 9.18 Å². The van der Waals surface area contributed by atoms with Gasteiger partial charge in [-0.3, -0.25) is 4.79 Å². The first-order valence-corrected chi connectivity index (χ1v) is 11.2. The summed E-state index contributed by atoms with van der Waals surface area (Å²) in [6.07, 6.45) is -5.71. The van der Waals surface area contributed by atoms with Gasteiger partial charge < -0.3 is 14.8 Å². The lowest BCUT2D eigenvalue weighted by atomic mass is 9.89. The molecule has 0 aromatic heterocycles. The Hall–Kier alpha value is -3.10. The zero-order valence-electron chi connectivity index (χ0n) is 20.9. The Kier molecular flexibility index (Phi) is 8.57.